The lowest BCUT2D eigenvalue weighted by Crippen LogP contribution is -2.48. The van der Waals surface area contributed by atoms with Gasteiger partial charge < -0.3 is 9.42 Å². The monoisotopic (exact) mass is 350 g/mol. The van der Waals surface area contributed by atoms with Gasteiger partial charge in [0.05, 0.1) is 11.2 Å². The van der Waals surface area contributed by atoms with Crippen LogP contribution in [-0.2, 0) is 6.54 Å². The number of fused-ring (bicyclic) bond motifs is 1. The molecule has 1 aromatic carbocycles. The summed E-state index contributed by atoms with van der Waals surface area (Å²) in [5.41, 5.74) is 3.47. The Morgan fingerprint density at radius 2 is 1.85 bits per heavy atom. The van der Waals surface area contributed by atoms with Crippen LogP contribution >= 0.6 is 0 Å². The first-order valence-corrected chi connectivity index (χ1v) is 8.91. The van der Waals surface area contributed by atoms with E-state index in [4.69, 9.17) is 4.52 Å². The number of hydrogen-bond acceptors (Lipinski definition) is 5. The number of piperazine rings is 1. The summed E-state index contributed by atoms with van der Waals surface area (Å²) >= 11 is 0. The zero-order valence-corrected chi connectivity index (χ0v) is 15.1. The number of rotatable bonds is 3. The van der Waals surface area contributed by atoms with Gasteiger partial charge in [0.25, 0.3) is 5.91 Å². The first-order valence-electron chi connectivity index (χ1n) is 8.91. The fourth-order valence-corrected chi connectivity index (χ4v) is 3.41. The second kappa shape index (κ2) is 6.88. The largest absolute Gasteiger partial charge is 0.361 e. The van der Waals surface area contributed by atoms with Crippen molar-refractivity contribution in [3.05, 3.63) is 59.1 Å². The molecule has 3 aromatic rings. The van der Waals surface area contributed by atoms with Crippen LogP contribution in [0.2, 0.25) is 0 Å². The van der Waals surface area contributed by atoms with Crippen molar-refractivity contribution >= 4 is 16.8 Å². The molecule has 4 rings (SSSR count). The van der Waals surface area contributed by atoms with Gasteiger partial charge in [0.2, 0.25) is 0 Å². The van der Waals surface area contributed by atoms with Gasteiger partial charge in [-0.3, -0.25) is 9.69 Å². The van der Waals surface area contributed by atoms with Gasteiger partial charge in [0.1, 0.15) is 11.5 Å². The molecule has 1 fully saturated rings. The molecule has 0 spiro atoms. The Morgan fingerprint density at radius 1 is 1.08 bits per heavy atom. The number of aromatic nitrogens is 2. The lowest BCUT2D eigenvalue weighted by atomic mass is 10.1. The molecule has 0 radical (unpaired) electrons. The normalized spacial score (nSPS) is 15.5. The summed E-state index contributed by atoms with van der Waals surface area (Å²) in [7, 11) is 0. The standard InChI is InChI=1S/C20H22N4O2/c1-14-17(15(2)26-22-14)13-23-9-11-24(12-10-23)20(25)19-8-7-16-5-3-4-6-18(16)21-19/h3-8H,9-13H2,1-2H3. The van der Waals surface area contributed by atoms with Gasteiger partial charge in [0.15, 0.2) is 0 Å². The maximum Gasteiger partial charge on any atom is 0.272 e. The molecule has 6 nitrogen and oxygen atoms in total. The summed E-state index contributed by atoms with van der Waals surface area (Å²) in [6, 6.07) is 11.6. The summed E-state index contributed by atoms with van der Waals surface area (Å²) in [6.07, 6.45) is 0. The molecule has 1 saturated heterocycles. The Kier molecular flexibility index (Phi) is 4.42. The zero-order chi connectivity index (χ0) is 18.1. The van der Waals surface area contributed by atoms with Crippen molar-refractivity contribution in [2.24, 2.45) is 0 Å². The number of amides is 1. The fraction of sp³-hybridized carbons (Fsp3) is 0.350. The number of aryl methyl sites for hydroxylation is 2. The van der Waals surface area contributed by atoms with Crippen LogP contribution in [0.4, 0.5) is 0 Å². The first-order chi connectivity index (χ1) is 12.6. The number of benzene rings is 1. The minimum atomic E-state index is 0.00717. The SMILES string of the molecule is Cc1noc(C)c1CN1CCN(C(=O)c2ccc3ccccc3n2)CC1. The third kappa shape index (κ3) is 3.20. The molecular formula is C20H22N4O2. The highest BCUT2D eigenvalue weighted by molar-refractivity contribution is 5.95. The van der Waals surface area contributed by atoms with E-state index in [1.807, 2.05) is 55.1 Å². The second-order valence-electron chi connectivity index (χ2n) is 6.76. The third-order valence-corrected chi connectivity index (χ3v) is 5.04. The van der Waals surface area contributed by atoms with E-state index < -0.39 is 0 Å². The van der Waals surface area contributed by atoms with Crippen molar-refractivity contribution in [2.75, 3.05) is 26.2 Å². The molecule has 1 aliphatic rings. The molecule has 3 heterocycles. The van der Waals surface area contributed by atoms with Crippen LogP contribution in [0.3, 0.4) is 0 Å². The lowest BCUT2D eigenvalue weighted by molar-refractivity contribution is 0.0622. The number of carbonyl (C=O) groups is 1. The van der Waals surface area contributed by atoms with Gasteiger partial charge in [0, 0.05) is 43.7 Å². The highest BCUT2D eigenvalue weighted by atomic mass is 16.5. The molecule has 0 atom stereocenters. The van der Waals surface area contributed by atoms with Crippen molar-refractivity contribution in [1.29, 1.82) is 0 Å². The Morgan fingerprint density at radius 3 is 2.58 bits per heavy atom. The van der Waals surface area contributed by atoms with Crippen molar-refractivity contribution in [3.63, 3.8) is 0 Å². The van der Waals surface area contributed by atoms with Gasteiger partial charge in [-0.15, -0.1) is 0 Å². The summed E-state index contributed by atoms with van der Waals surface area (Å²) in [6.45, 7) is 7.81. The van der Waals surface area contributed by atoms with E-state index in [0.29, 0.717) is 18.8 Å². The molecule has 26 heavy (non-hydrogen) atoms. The smallest absolute Gasteiger partial charge is 0.272 e. The molecule has 0 aliphatic carbocycles. The van der Waals surface area contributed by atoms with E-state index in [0.717, 1.165) is 47.6 Å². The molecular weight excluding hydrogens is 328 g/mol. The van der Waals surface area contributed by atoms with E-state index in [1.54, 1.807) is 0 Å². The van der Waals surface area contributed by atoms with Crippen molar-refractivity contribution in [1.82, 2.24) is 19.9 Å². The third-order valence-electron chi connectivity index (χ3n) is 5.04. The Balaban J connectivity index is 1.41. The minimum Gasteiger partial charge on any atom is -0.361 e. The molecule has 6 heteroatoms. The van der Waals surface area contributed by atoms with Crippen LogP contribution in [-0.4, -0.2) is 52.0 Å². The van der Waals surface area contributed by atoms with Crippen LogP contribution in [0, 0.1) is 13.8 Å². The average molecular weight is 350 g/mol. The number of nitrogens with zero attached hydrogens (tertiary/aromatic N) is 4. The second-order valence-corrected chi connectivity index (χ2v) is 6.76. The van der Waals surface area contributed by atoms with Gasteiger partial charge >= 0.3 is 0 Å². The fourth-order valence-electron chi connectivity index (χ4n) is 3.41. The zero-order valence-electron chi connectivity index (χ0n) is 15.1. The van der Waals surface area contributed by atoms with E-state index in [-0.39, 0.29) is 5.91 Å². The van der Waals surface area contributed by atoms with E-state index in [1.165, 1.54) is 0 Å². The molecule has 1 aliphatic heterocycles. The molecule has 1 amide bonds. The molecule has 0 saturated carbocycles. The van der Waals surface area contributed by atoms with Crippen LogP contribution in [0.5, 0.6) is 0 Å². The Bertz CT molecular complexity index is 922. The first kappa shape index (κ1) is 16.7. The number of para-hydroxylation sites is 1. The summed E-state index contributed by atoms with van der Waals surface area (Å²) in [4.78, 5) is 21.6. The highest BCUT2D eigenvalue weighted by Crippen LogP contribution is 2.17. The van der Waals surface area contributed by atoms with Gasteiger partial charge in [-0.05, 0) is 26.0 Å². The predicted octanol–water partition coefficient (Wildman–Crippen LogP) is 2.80. The minimum absolute atomic E-state index is 0.00717. The van der Waals surface area contributed by atoms with Gasteiger partial charge in [-0.25, -0.2) is 4.98 Å². The summed E-state index contributed by atoms with van der Waals surface area (Å²) < 4.78 is 5.24. The highest BCUT2D eigenvalue weighted by Gasteiger charge is 2.24. The van der Waals surface area contributed by atoms with Crippen molar-refractivity contribution in [3.8, 4) is 0 Å². The van der Waals surface area contributed by atoms with Crippen molar-refractivity contribution < 1.29 is 9.32 Å². The van der Waals surface area contributed by atoms with Crippen LogP contribution in [0.15, 0.2) is 40.9 Å². The number of hydrogen-bond donors (Lipinski definition) is 0. The number of pyridine rings is 1. The average Bonchev–Trinajstić information content (AvgIpc) is 2.99. The molecule has 0 bridgehead atoms. The molecule has 134 valence electrons. The van der Waals surface area contributed by atoms with Crippen LogP contribution < -0.4 is 0 Å². The van der Waals surface area contributed by atoms with E-state index in [9.17, 15) is 4.79 Å². The van der Waals surface area contributed by atoms with Gasteiger partial charge in [-0.1, -0.05) is 29.4 Å². The van der Waals surface area contributed by atoms with Crippen LogP contribution in [0.25, 0.3) is 10.9 Å². The van der Waals surface area contributed by atoms with Crippen molar-refractivity contribution in [2.45, 2.75) is 20.4 Å². The number of carbonyl (C=O) groups excluding carboxylic acids is 1. The van der Waals surface area contributed by atoms with E-state index >= 15 is 0 Å². The molecule has 0 unspecified atom stereocenters. The Labute approximate surface area is 152 Å². The quantitative estimate of drug-likeness (QED) is 0.727. The Hall–Kier alpha value is -2.73. The molecule has 0 N–H and O–H groups in total. The maximum atomic E-state index is 12.8. The summed E-state index contributed by atoms with van der Waals surface area (Å²) in [5, 5.41) is 5.06. The topological polar surface area (TPSA) is 62.5 Å². The molecule has 2 aromatic heterocycles. The summed E-state index contributed by atoms with van der Waals surface area (Å²) in [5.74, 6) is 0.883. The predicted molar refractivity (Wildman–Crippen MR) is 98.9 cm³/mol. The van der Waals surface area contributed by atoms with E-state index in [2.05, 4.69) is 15.0 Å². The van der Waals surface area contributed by atoms with Crippen LogP contribution in [0.1, 0.15) is 27.5 Å². The van der Waals surface area contributed by atoms with Gasteiger partial charge in [-0.2, -0.15) is 0 Å². The maximum absolute atomic E-state index is 12.8. The lowest BCUT2D eigenvalue weighted by Gasteiger charge is -2.34.